The molecule has 1 rings (SSSR count). The molecule has 0 aliphatic rings. The monoisotopic (exact) mass is 221 g/mol. The van der Waals surface area contributed by atoms with Gasteiger partial charge in [-0.25, -0.2) is 0 Å². The molecule has 0 amide bonds. The van der Waals surface area contributed by atoms with Crippen molar-refractivity contribution in [1.82, 2.24) is 0 Å². The van der Waals surface area contributed by atoms with Gasteiger partial charge in [-0.15, -0.1) is 0 Å². The molecule has 90 valence electrons. The standard InChI is InChI=1S/C14H23NO/c1-5-14(16,6-2)10-15-13-8-7-11(3)9-12(13)4/h7-9,15-16H,5-6,10H2,1-4H3. The normalized spacial score (nSPS) is 11.6. The topological polar surface area (TPSA) is 32.3 Å². The molecular formula is C14H23NO. The Labute approximate surface area is 98.7 Å². The minimum absolute atomic E-state index is 0.586. The minimum atomic E-state index is -0.586. The largest absolute Gasteiger partial charge is 0.388 e. The molecular weight excluding hydrogens is 198 g/mol. The highest BCUT2D eigenvalue weighted by Crippen LogP contribution is 2.19. The summed E-state index contributed by atoms with van der Waals surface area (Å²) >= 11 is 0. The second-order valence-electron chi connectivity index (χ2n) is 4.60. The molecule has 2 nitrogen and oxygen atoms in total. The number of aryl methyl sites for hydroxylation is 2. The fraction of sp³-hybridized carbons (Fsp3) is 0.571. The fourth-order valence-electron chi connectivity index (χ4n) is 1.77. The number of hydrogen-bond acceptors (Lipinski definition) is 2. The molecule has 0 aromatic heterocycles. The van der Waals surface area contributed by atoms with Crippen LogP contribution in [0.4, 0.5) is 5.69 Å². The van der Waals surface area contributed by atoms with E-state index in [0.29, 0.717) is 6.54 Å². The first-order valence-corrected chi connectivity index (χ1v) is 6.04. The van der Waals surface area contributed by atoms with Crippen LogP contribution in [-0.4, -0.2) is 17.3 Å². The van der Waals surface area contributed by atoms with Crippen molar-refractivity contribution in [3.8, 4) is 0 Å². The van der Waals surface area contributed by atoms with Crippen molar-refractivity contribution >= 4 is 5.69 Å². The summed E-state index contributed by atoms with van der Waals surface area (Å²) in [4.78, 5) is 0. The maximum absolute atomic E-state index is 10.2. The van der Waals surface area contributed by atoms with Crippen LogP contribution in [0.1, 0.15) is 37.8 Å². The number of rotatable bonds is 5. The number of hydrogen-bond donors (Lipinski definition) is 2. The second-order valence-corrected chi connectivity index (χ2v) is 4.60. The third-order valence-electron chi connectivity index (χ3n) is 3.31. The van der Waals surface area contributed by atoms with Gasteiger partial charge in [-0.3, -0.25) is 0 Å². The van der Waals surface area contributed by atoms with Gasteiger partial charge < -0.3 is 10.4 Å². The van der Waals surface area contributed by atoms with Crippen molar-refractivity contribution in [2.75, 3.05) is 11.9 Å². The van der Waals surface area contributed by atoms with Crippen molar-refractivity contribution in [3.05, 3.63) is 29.3 Å². The SMILES string of the molecule is CCC(O)(CC)CNc1ccc(C)cc1C. The van der Waals surface area contributed by atoms with Crippen LogP contribution in [0.15, 0.2) is 18.2 Å². The molecule has 16 heavy (non-hydrogen) atoms. The summed E-state index contributed by atoms with van der Waals surface area (Å²) in [6.07, 6.45) is 1.56. The lowest BCUT2D eigenvalue weighted by Gasteiger charge is -2.26. The van der Waals surface area contributed by atoms with Gasteiger partial charge >= 0.3 is 0 Å². The summed E-state index contributed by atoms with van der Waals surface area (Å²) in [5, 5.41) is 13.5. The van der Waals surface area contributed by atoms with E-state index < -0.39 is 5.60 Å². The van der Waals surface area contributed by atoms with E-state index in [4.69, 9.17) is 0 Å². The minimum Gasteiger partial charge on any atom is -0.388 e. The Morgan fingerprint density at radius 1 is 1.19 bits per heavy atom. The molecule has 0 saturated heterocycles. The summed E-state index contributed by atoms with van der Waals surface area (Å²) in [7, 11) is 0. The molecule has 0 aliphatic heterocycles. The van der Waals surface area contributed by atoms with Gasteiger partial charge in [0.15, 0.2) is 0 Å². The molecule has 0 bridgehead atoms. The lowest BCUT2D eigenvalue weighted by atomic mass is 9.97. The highest BCUT2D eigenvalue weighted by atomic mass is 16.3. The number of anilines is 1. The Balaban J connectivity index is 2.67. The van der Waals surface area contributed by atoms with E-state index in [1.807, 2.05) is 13.8 Å². The molecule has 1 aromatic carbocycles. The van der Waals surface area contributed by atoms with E-state index in [1.165, 1.54) is 11.1 Å². The summed E-state index contributed by atoms with van der Waals surface area (Å²) in [6.45, 7) is 8.84. The Kier molecular flexibility index (Phi) is 4.36. The molecule has 1 aromatic rings. The second kappa shape index (κ2) is 5.35. The Morgan fingerprint density at radius 2 is 1.81 bits per heavy atom. The van der Waals surface area contributed by atoms with Crippen LogP contribution < -0.4 is 5.32 Å². The van der Waals surface area contributed by atoms with E-state index >= 15 is 0 Å². The maximum atomic E-state index is 10.2. The first-order chi connectivity index (χ1) is 7.50. The number of aliphatic hydroxyl groups is 1. The Morgan fingerprint density at radius 3 is 2.31 bits per heavy atom. The maximum Gasteiger partial charge on any atom is 0.0814 e. The summed E-state index contributed by atoms with van der Waals surface area (Å²) in [6, 6.07) is 6.32. The first kappa shape index (κ1) is 13.0. The molecule has 0 saturated carbocycles. The zero-order valence-electron chi connectivity index (χ0n) is 10.8. The molecule has 0 radical (unpaired) electrons. The van der Waals surface area contributed by atoms with Gasteiger partial charge in [-0.05, 0) is 38.3 Å². The predicted octanol–water partition coefficient (Wildman–Crippen LogP) is 3.27. The van der Waals surface area contributed by atoms with Crippen LogP contribution in [0, 0.1) is 13.8 Å². The summed E-state index contributed by atoms with van der Waals surface area (Å²) in [5.41, 5.74) is 3.03. The fourth-order valence-corrected chi connectivity index (χ4v) is 1.77. The zero-order chi connectivity index (χ0) is 12.2. The smallest absolute Gasteiger partial charge is 0.0814 e. The molecule has 0 aliphatic carbocycles. The third-order valence-corrected chi connectivity index (χ3v) is 3.31. The van der Waals surface area contributed by atoms with Crippen LogP contribution in [0.3, 0.4) is 0 Å². The highest BCUT2D eigenvalue weighted by Gasteiger charge is 2.21. The van der Waals surface area contributed by atoms with Crippen LogP contribution in [0.25, 0.3) is 0 Å². The quantitative estimate of drug-likeness (QED) is 0.800. The van der Waals surface area contributed by atoms with Gasteiger partial charge in [-0.1, -0.05) is 31.5 Å². The molecule has 0 spiro atoms. The lowest BCUT2D eigenvalue weighted by molar-refractivity contribution is 0.0457. The zero-order valence-corrected chi connectivity index (χ0v) is 10.8. The van der Waals surface area contributed by atoms with Crippen LogP contribution >= 0.6 is 0 Å². The van der Waals surface area contributed by atoms with Crippen molar-refractivity contribution in [1.29, 1.82) is 0 Å². The lowest BCUT2D eigenvalue weighted by Crippen LogP contribution is -2.35. The molecule has 2 heteroatoms. The predicted molar refractivity (Wildman–Crippen MR) is 69.9 cm³/mol. The van der Waals surface area contributed by atoms with E-state index in [-0.39, 0.29) is 0 Å². The average Bonchev–Trinajstić information content (AvgIpc) is 2.27. The highest BCUT2D eigenvalue weighted by molar-refractivity contribution is 5.52. The Hall–Kier alpha value is -1.02. The van der Waals surface area contributed by atoms with Gasteiger partial charge in [0.2, 0.25) is 0 Å². The number of nitrogens with one attached hydrogen (secondary N) is 1. The van der Waals surface area contributed by atoms with Crippen molar-refractivity contribution < 1.29 is 5.11 Å². The van der Waals surface area contributed by atoms with Crippen LogP contribution in [0.5, 0.6) is 0 Å². The van der Waals surface area contributed by atoms with Crippen LogP contribution in [-0.2, 0) is 0 Å². The van der Waals surface area contributed by atoms with Gasteiger partial charge in [0.1, 0.15) is 0 Å². The van der Waals surface area contributed by atoms with Gasteiger partial charge in [0, 0.05) is 12.2 Å². The van der Waals surface area contributed by atoms with Crippen molar-refractivity contribution in [2.24, 2.45) is 0 Å². The van der Waals surface area contributed by atoms with E-state index in [2.05, 4.69) is 37.4 Å². The van der Waals surface area contributed by atoms with Crippen molar-refractivity contribution in [2.45, 2.75) is 46.1 Å². The first-order valence-electron chi connectivity index (χ1n) is 6.04. The molecule has 2 N–H and O–H groups in total. The molecule has 0 fully saturated rings. The summed E-state index contributed by atoms with van der Waals surface area (Å²) < 4.78 is 0. The molecule has 0 unspecified atom stereocenters. The van der Waals surface area contributed by atoms with E-state index in [0.717, 1.165) is 18.5 Å². The third kappa shape index (κ3) is 3.24. The molecule has 0 atom stereocenters. The van der Waals surface area contributed by atoms with E-state index in [9.17, 15) is 5.11 Å². The summed E-state index contributed by atoms with van der Waals surface area (Å²) in [5.74, 6) is 0. The Bertz CT molecular complexity index is 343. The van der Waals surface area contributed by atoms with Gasteiger partial charge in [-0.2, -0.15) is 0 Å². The number of benzene rings is 1. The van der Waals surface area contributed by atoms with Gasteiger partial charge in [0.25, 0.3) is 0 Å². The van der Waals surface area contributed by atoms with Gasteiger partial charge in [0.05, 0.1) is 5.60 Å². The molecule has 0 heterocycles. The van der Waals surface area contributed by atoms with Crippen molar-refractivity contribution in [3.63, 3.8) is 0 Å². The van der Waals surface area contributed by atoms with Crippen LogP contribution in [0.2, 0.25) is 0 Å². The average molecular weight is 221 g/mol. The van der Waals surface area contributed by atoms with E-state index in [1.54, 1.807) is 0 Å².